The van der Waals surface area contributed by atoms with Crippen molar-refractivity contribution in [2.75, 3.05) is 0 Å². The van der Waals surface area contributed by atoms with Crippen molar-refractivity contribution in [1.29, 1.82) is 0 Å². The number of ketones is 1. The summed E-state index contributed by atoms with van der Waals surface area (Å²) in [5.74, 6) is -0.655. The van der Waals surface area contributed by atoms with Crippen molar-refractivity contribution >= 4 is 11.8 Å². The Morgan fingerprint density at radius 1 is 1.16 bits per heavy atom. The molecular weight excluding hydrogens is 388 g/mol. The Labute approximate surface area is 183 Å². The van der Waals surface area contributed by atoms with E-state index >= 15 is 0 Å². The minimum absolute atomic E-state index is 0.0674. The number of hydrogen-bond acceptors (Lipinski definition) is 5. The number of rotatable bonds is 5. The monoisotopic (exact) mass is 416 g/mol. The fourth-order valence-corrected chi connectivity index (χ4v) is 4.48. The van der Waals surface area contributed by atoms with Gasteiger partial charge in [0.05, 0.1) is 11.7 Å². The summed E-state index contributed by atoms with van der Waals surface area (Å²) in [7, 11) is 0. The van der Waals surface area contributed by atoms with Gasteiger partial charge in [0, 0.05) is 41.7 Å². The number of pyridine rings is 1. The molecule has 0 radical (unpaired) electrons. The number of nitrogens with zero attached hydrogens (tertiary/aromatic N) is 1. The van der Waals surface area contributed by atoms with Crippen molar-refractivity contribution < 1.29 is 14.3 Å². The maximum absolute atomic E-state index is 13.5. The number of carbonyl (C=O) groups excluding carboxylic acids is 2. The highest BCUT2D eigenvalue weighted by Gasteiger charge is 2.41. The molecule has 5 nitrogen and oxygen atoms in total. The van der Waals surface area contributed by atoms with Crippen LogP contribution in [0.25, 0.3) is 0 Å². The zero-order valence-electron chi connectivity index (χ0n) is 18.2. The summed E-state index contributed by atoms with van der Waals surface area (Å²) in [6.07, 6.45) is 5.13. The molecule has 1 N–H and O–H groups in total. The average molecular weight is 417 g/mol. The molecule has 31 heavy (non-hydrogen) atoms. The Balaban J connectivity index is 1.76. The minimum atomic E-state index is -0.467. The van der Waals surface area contributed by atoms with Gasteiger partial charge in [-0.1, -0.05) is 43.3 Å². The highest BCUT2D eigenvalue weighted by atomic mass is 16.5. The Hall–Kier alpha value is -3.21. The molecule has 160 valence electrons. The van der Waals surface area contributed by atoms with Crippen molar-refractivity contribution in [3.05, 3.63) is 88.5 Å². The second-order valence-corrected chi connectivity index (χ2v) is 8.34. The van der Waals surface area contributed by atoms with Crippen molar-refractivity contribution in [1.82, 2.24) is 10.3 Å². The standard InChI is InChI=1S/C26H28N2O3/c1-4-16(2)31-26(30)23-17(3)28-21-13-20(18-9-6-5-7-10-18)14-22(29)25(21)24(23)19-11-8-12-27-15-19/h5-12,15-16,20,24,28H,4,13-14H2,1-3H3/t16-,20+,24-/m1/s1. The summed E-state index contributed by atoms with van der Waals surface area (Å²) in [5.41, 5.74) is 4.80. The topological polar surface area (TPSA) is 68.3 Å². The minimum Gasteiger partial charge on any atom is -0.459 e. The number of aromatic nitrogens is 1. The first-order chi connectivity index (χ1) is 15.0. The van der Waals surface area contributed by atoms with Crippen molar-refractivity contribution in [3.8, 4) is 0 Å². The predicted octanol–water partition coefficient (Wildman–Crippen LogP) is 4.78. The van der Waals surface area contributed by atoms with Crippen molar-refractivity contribution in [3.63, 3.8) is 0 Å². The molecule has 0 amide bonds. The zero-order valence-corrected chi connectivity index (χ0v) is 18.2. The molecule has 4 rings (SSSR count). The van der Waals surface area contributed by atoms with Crippen molar-refractivity contribution in [2.45, 2.75) is 58.0 Å². The molecule has 2 aromatic rings. The van der Waals surface area contributed by atoms with Gasteiger partial charge in [-0.2, -0.15) is 0 Å². The molecule has 2 aliphatic rings. The number of carbonyl (C=O) groups is 2. The van der Waals surface area contributed by atoms with Gasteiger partial charge >= 0.3 is 5.97 Å². The number of benzene rings is 1. The molecule has 5 heteroatoms. The van der Waals surface area contributed by atoms with Crippen LogP contribution in [0.15, 0.2) is 77.4 Å². The highest BCUT2D eigenvalue weighted by molar-refractivity contribution is 6.04. The summed E-state index contributed by atoms with van der Waals surface area (Å²) in [6.45, 7) is 5.74. The maximum Gasteiger partial charge on any atom is 0.337 e. The third-order valence-corrected chi connectivity index (χ3v) is 6.22. The molecule has 0 spiro atoms. The van der Waals surface area contributed by atoms with E-state index in [1.807, 2.05) is 51.1 Å². The normalized spacial score (nSPS) is 22.0. The van der Waals surface area contributed by atoms with Crippen LogP contribution in [0.3, 0.4) is 0 Å². The first-order valence-electron chi connectivity index (χ1n) is 10.9. The zero-order chi connectivity index (χ0) is 22.0. The van der Waals surface area contributed by atoms with E-state index in [2.05, 4.69) is 22.4 Å². The third-order valence-electron chi connectivity index (χ3n) is 6.22. The first-order valence-corrected chi connectivity index (χ1v) is 10.9. The molecule has 1 aromatic carbocycles. The molecule has 0 unspecified atom stereocenters. The van der Waals surface area contributed by atoms with Gasteiger partial charge in [-0.3, -0.25) is 9.78 Å². The van der Waals surface area contributed by atoms with Crippen LogP contribution in [-0.4, -0.2) is 22.8 Å². The summed E-state index contributed by atoms with van der Waals surface area (Å²) in [6, 6.07) is 13.9. The van der Waals surface area contributed by atoms with Crippen LogP contribution in [0, 0.1) is 0 Å². The van der Waals surface area contributed by atoms with E-state index in [9.17, 15) is 9.59 Å². The van der Waals surface area contributed by atoms with Crippen LogP contribution in [0.2, 0.25) is 0 Å². The van der Waals surface area contributed by atoms with E-state index in [1.165, 1.54) is 0 Å². The maximum atomic E-state index is 13.5. The molecule has 0 saturated heterocycles. The van der Waals surface area contributed by atoms with E-state index in [0.717, 1.165) is 35.4 Å². The van der Waals surface area contributed by atoms with Gasteiger partial charge in [-0.05, 0) is 49.8 Å². The summed E-state index contributed by atoms with van der Waals surface area (Å²) < 4.78 is 5.68. The number of ether oxygens (including phenoxy) is 1. The highest BCUT2D eigenvalue weighted by Crippen LogP contribution is 2.45. The Morgan fingerprint density at radius 2 is 1.90 bits per heavy atom. The van der Waals surface area contributed by atoms with Gasteiger partial charge in [0.2, 0.25) is 0 Å². The molecule has 0 bridgehead atoms. The second kappa shape index (κ2) is 8.88. The fraction of sp³-hybridized carbons (Fsp3) is 0.346. The quantitative estimate of drug-likeness (QED) is 0.710. The largest absolute Gasteiger partial charge is 0.459 e. The smallest absolute Gasteiger partial charge is 0.337 e. The van der Waals surface area contributed by atoms with Gasteiger partial charge in [0.1, 0.15) is 0 Å². The van der Waals surface area contributed by atoms with Crippen molar-refractivity contribution in [2.24, 2.45) is 0 Å². The molecule has 1 aliphatic carbocycles. The lowest BCUT2D eigenvalue weighted by atomic mass is 9.72. The molecule has 3 atom stereocenters. The molecular formula is C26H28N2O3. The molecule has 1 aliphatic heterocycles. The van der Waals surface area contributed by atoms with Crippen LogP contribution in [0.4, 0.5) is 0 Å². The van der Waals surface area contributed by atoms with Crippen LogP contribution in [0.1, 0.15) is 63.0 Å². The molecule has 2 heterocycles. The Morgan fingerprint density at radius 3 is 2.58 bits per heavy atom. The summed E-state index contributed by atoms with van der Waals surface area (Å²) in [4.78, 5) is 30.9. The van der Waals surface area contributed by atoms with Gasteiger partial charge in [-0.25, -0.2) is 4.79 Å². The van der Waals surface area contributed by atoms with E-state index in [0.29, 0.717) is 17.6 Å². The van der Waals surface area contributed by atoms with E-state index < -0.39 is 5.92 Å². The number of esters is 1. The lowest BCUT2D eigenvalue weighted by Crippen LogP contribution is -2.36. The molecule has 0 saturated carbocycles. The van der Waals surface area contributed by atoms with Gasteiger partial charge in [0.15, 0.2) is 5.78 Å². The van der Waals surface area contributed by atoms with Gasteiger partial charge < -0.3 is 10.1 Å². The Kier molecular flexibility index (Phi) is 6.03. The third kappa shape index (κ3) is 4.18. The molecule has 1 aromatic heterocycles. The average Bonchev–Trinajstić information content (AvgIpc) is 2.79. The van der Waals surface area contributed by atoms with E-state index in [1.54, 1.807) is 12.4 Å². The van der Waals surface area contributed by atoms with Crippen LogP contribution >= 0.6 is 0 Å². The van der Waals surface area contributed by atoms with Gasteiger partial charge in [0.25, 0.3) is 0 Å². The molecule has 0 fully saturated rings. The number of allylic oxidation sites excluding steroid dienone is 3. The second-order valence-electron chi connectivity index (χ2n) is 8.34. The first kappa shape index (κ1) is 21.0. The van der Waals surface area contributed by atoms with Crippen LogP contribution in [-0.2, 0) is 14.3 Å². The summed E-state index contributed by atoms with van der Waals surface area (Å²) in [5, 5.41) is 3.39. The van der Waals surface area contributed by atoms with E-state index in [-0.39, 0.29) is 23.8 Å². The lowest BCUT2D eigenvalue weighted by Gasteiger charge is -2.36. The number of dihydropyridines is 1. The lowest BCUT2D eigenvalue weighted by molar-refractivity contribution is -0.144. The van der Waals surface area contributed by atoms with Gasteiger partial charge in [-0.15, -0.1) is 0 Å². The number of nitrogens with one attached hydrogen (secondary N) is 1. The van der Waals surface area contributed by atoms with Crippen LogP contribution in [0.5, 0.6) is 0 Å². The SMILES string of the molecule is CC[C@@H](C)OC(=O)C1=C(C)NC2=C(C(=O)C[C@@H](c3ccccc3)C2)[C@@H]1c1cccnc1. The fourth-order valence-electron chi connectivity index (χ4n) is 4.48. The number of Topliss-reactive ketones (excluding diaryl/α,β-unsaturated/α-hetero) is 1. The predicted molar refractivity (Wildman–Crippen MR) is 119 cm³/mol. The summed E-state index contributed by atoms with van der Waals surface area (Å²) >= 11 is 0. The van der Waals surface area contributed by atoms with E-state index in [4.69, 9.17) is 4.74 Å². The Bertz CT molecular complexity index is 1040. The van der Waals surface area contributed by atoms with Crippen LogP contribution < -0.4 is 5.32 Å². The number of hydrogen-bond donors (Lipinski definition) is 1.